The molecule has 0 aliphatic heterocycles. The standard InChI is InChI=1S/C24H24N6/c1-29(23-13-7-19(25)15-27-23)21-9-3-17(4-10-21)18-5-11-22(12-6-18)30(2)24-14-8-20(26)16-28-24/h3-16H,25-26H2,1-2H3. The van der Waals surface area contributed by atoms with Crippen LogP contribution in [0.15, 0.2) is 85.2 Å². The van der Waals surface area contributed by atoms with Gasteiger partial charge in [0.2, 0.25) is 0 Å². The molecule has 0 bridgehead atoms. The summed E-state index contributed by atoms with van der Waals surface area (Å²) in [5.74, 6) is 1.70. The van der Waals surface area contributed by atoms with E-state index in [-0.39, 0.29) is 0 Å². The molecular weight excluding hydrogens is 372 g/mol. The molecule has 0 amide bonds. The van der Waals surface area contributed by atoms with Crippen molar-refractivity contribution in [1.82, 2.24) is 9.97 Å². The first-order valence-corrected chi connectivity index (χ1v) is 9.62. The fourth-order valence-electron chi connectivity index (χ4n) is 3.21. The molecule has 2 aromatic carbocycles. The van der Waals surface area contributed by atoms with Gasteiger partial charge in [0.25, 0.3) is 0 Å². The first-order valence-electron chi connectivity index (χ1n) is 9.62. The van der Waals surface area contributed by atoms with E-state index in [0.29, 0.717) is 11.4 Å². The zero-order valence-electron chi connectivity index (χ0n) is 17.0. The first kappa shape index (κ1) is 19.3. The van der Waals surface area contributed by atoms with Crippen molar-refractivity contribution in [2.75, 3.05) is 35.4 Å². The minimum absolute atomic E-state index is 0.656. The number of benzene rings is 2. The Bertz CT molecular complexity index is 1010. The zero-order valence-corrected chi connectivity index (χ0v) is 17.0. The van der Waals surface area contributed by atoms with Gasteiger partial charge in [-0.25, -0.2) is 9.97 Å². The van der Waals surface area contributed by atoms with E-state index in [2.05, 4.69) is 58.5 Å². The molecule has 150 valence electrons. The summed E-state index contributed by atoms with van der Waals surface area (Å²) in [6.45, 7) is 0. The predicted molar refractivity (Wildman–Crippen MR) is 125 cm³/mol. The van der Waals surface area contributed by atoms with Gasteiger partial charge in [0.15, 0.2) is 0 Å². The molecule has 2 heterocycles. The lowest BCUT2D eigenvalue weighted by molar-refractivity contribution is 1.13. The van der Waals surface area contributed by atoms with Crippen molar-refractivity contribution in [1.29, 1.82) is 0 Å². The highest BCUT2D eigenvalue weighted by Gasteiger charge is 2.08. The molecule has 6 nitrogen and oxygen atoms in total. The molecule has 4 aromatic rings. The van der Waals surface area contributed by atoms with Crippen LogP contribution in [0.5, 0.6) is 0 Å². The number of pyridine rings is 2. The van der Waals surface area contributed by atoms with Crippen molar-refractivity contribution in [2.24, 2.45) is 0 Å². The van der Waals surface area contributed by atoms with Crippen molar-refractivity contribution < 1.29 is 0 Å². The Hall–Kier alpha value is -4.06. The number of rotatable bonds is 5. The quantitative estimate of drug-likeness (QED) is 0.502. The second-order valence-electron chi connectivity index (χ2n) is 7.11. The third-order valence-electron chi connectivity index (χ3n) is 5.07. The van der Waals surface area contributed by atoms with Crippen LogP contribution in [0.2, 0.25) is 0 Å². The van der Waals surface area contributed by atoms with Gasteiger partial charge in [0.05, 0.1) is 23.8 Å². The molecule has 4 rings (SSSR count). The number of nitrogens with zero attached hydrogens (tertiary/aromatic N) is 4. The van der Waals surface area contributed by atoms with Gasteiger partial charge in [-0.15, -0.1) is 0 Å². The van der Waals surface area contributed by atoms with E-state index < -0.39 is 0 Å². The van der Waals surface area contributed by atoms with Crippen LogP contribution in [-0.2, 0) is 0 Å². The van der Waals surface area contributed by atoms with Gasteiger partial charge in [-0.2, -0.15) is 0 Å². The van der Waals surface area contributed by atoms with E-state index in [4.69, 9.17) is 11.5 Å². The highest BCUT2D eigenvalue weighted by atomic mass is 15.2. The largest absolute Gasteiger partial charge is 0.397 e. The topological polar surface area (TPSA) is 84.3 Å². The lowest BCUT2D eigenvalue weighted by Crippen LogP contribution is -2.11. The lowest BCUT2D eigenvalue weighted by atomic mass is 10.0. The molecule has 0 unspecified atom stereocenters. The van der Waals surface area contributed by atoms with Crippen LogP contribution in [0, 0.1) is 0 Å². The van der Waals surface area contributed by atoms with Gasteiger partial charge < -0.3 is 21.3 Å². The maximum Gasteiger partial charge on any atom is 0.132 e. The van der Waals surface area contributed by atoms with Gasteiger partial charge in [-0.3, -0.25) is 0 Å². The van der Waals surface area contributed by atoms with E-state index in [9.17, 15) is 0 Å². The number of anilines is 6. The van der Waals surface area contributed by atoms with Crippen molar-refractivity contribution >= 4 is 34.4 Å². The zero-order chi connectivity index (χ0) is 21.1. The van der Waals surface area contributed by atoms with Gasteiger partial charge in [0.1, 0.15) is 11.6 Å². The van der Waals surface area contributed by atoms with Crippen LogP contribution in [0.1, 0.15) is 0 Å². The van der Waals surface area contributed by atoms with Crippen molar-refractivity contribution in [3.05, 3.63) is 85.2 Å². The SMILES string of the molecule is CN(c1ccc(-c2ccc(N(C)c3ccc(N)cn3)cc2)cc1)c1ccc(N)cn1. The number of nitrogens with two attached hydrogens (primary N) is 2. The van der Waals surface area contributed by atoms with E-state index >= 15 is 0 Å². The number of hydrogen-bond acceptors (Lipinski definition) is 6. The summed E-state index contributed by atoms with van der Waals surface area (Å²) < 4.78 is 0. The maximum absolute atomic E-state index is 5.73. The van der Waals surface area contributed by atoms with Crippen LogP contribution in [0.25, 0.3) is 11.1 Å². The fourth-order valence-corrected chi connectivity index (χ4v) is 3.21. The molecule has 0 spiro atoms. The lowest BCUT2D eigenvalue weighted by Gasteiger charge is -2.19. The molecule has 0 saturated carbocycles. The Morgan fingerprint density at radius 1 is 0.533 bits per heavy atom. The minimum atomic E-state index is 0.656. The second kappa shape index (κ2) is 8.13. The monoisotopic (exact) mass is 396 g/mol. The molecule has 4 N–H and O–H groups in total. The Morgan fingerprint density at radius 2 is 0.900 bits per heavy atom. The molecule has 0 radical (unpaired) electrons. The Balaban J connectivity index is 1.50. The molecule has 6 heteroatoms. The third kappa shape index (κ3) is 4.03. The highest BCUT2D eigenvalue weighted by molar-refractivity contribution is 5.71. The fraction of sp³-hybridized carbons (Fsp3) is 0.0833. The summed E-state index contributed by atoms with van der Waals surface area (Å²) in [5.41, 5.74) is 17.2. The molecule has 0 fully saturated rings. The average Bonchev–Trinajstić information content (AvgIpc) is 2.79. The summed E-state index contributed by atoms with van der Waals surface area (Å²) >= 11 is 0. The summed E-state index contributed by atoms with van der Waals surface area (Å²) in [4.78, 5) is 12.8. The number of aromatic nitrogens is 2. The molecule has 2 aromatic heterocycles. The van der Waals surface area contributed by atoms with E-state index in [1.165, 1.54) is 0 Å². The summed E-state index contributed by atoms with van der Waals surface area (Å²) in [5, 5.41) is 0. The summed E-state index contributed by atoms with van der Waals surface area (Å²) in [6.07, 6.45) is 3.33. The molecule has 0 aliphatic carbocycles. The van der Waals surface area contributed by atoms with Gasteiger partial charge in [-0.05, 0) is 59.7 Å². The van der Waals surface area contributed by atoms with E-state index in [1.54, 1.807) is 12.4 Å². The van der Waals surface area contributed by atoms with Crippen molar-refractivity contribution in [3.8, 4) is 11.1 Å². The number of hydrogen-bond donors (Lipinski definition) is 2. The second-order valence-corrected chi connectivity index (χ2v) is 7.11. The van der Waals surface area contributed by atoms with Crippen molar-refractivity contribution in [2.45, 2.75) is 0 Å². The molecule has 0 atom stereocenters. The van der Waals surface area contributed by atoms with E-state index in [1.807, 2.05) is 48.2 Å². The van der Waals surface area contributed by atoms with Crippen molar-refractivity contribution in [3.63, 3.8) is 0 Å². The van der Waals surface area contributed by atoms with Gasteiger partial charge >= 0.3 is 0 Å². The first-order chi connectivity index (χ1) is 14.5. The van der Waals surface area contributed by atoms with Crippen LogP contribution in [0.3, 0.4) is 0 Å². The van der Waals surface area contributed by atoms with Crippen LogP contribution in [-0.4, -0.2) is 24.1 Å². The smallest absolute Gasteiger partial charge is 0.132 e. The van der Waals surface area contributed by atoms with E-state index in [0.717, 1.165) is 34.1 Å². The van der Waals surface area contributed by atoms with Crippen LogP contribution in [0.4, 0.5) is 34.4 Å². The van der Waals surface area contributed by atoms with Gasteiger partial charge in [-0.1, -0.05) is 24.3 Å². The average molecular weight is 396 g/mol. The molecular formula is C24H24N6. The summed E-state index contributed by atoms with van der Waals surface area (Å²) in [6, 6.07) is 24.3. The van der Waals surface area contributed by atoms with Crippen LogP contribution < -0.4 is 21.3 Å². The van der Waals surface area contributed by atoms with Gasteiger partial charge in [0, 0.05) is 25.5 Å². The predicted octanol–water partition coefficient (Wildman–Crippen LogP) is 4.84. The minimum Gasteiger partial charge on any atom is -0.397 e. The normalized spacial score (nSPS) is 10.6. The third-order valence-corrected chi connectivity index (χ3v) is 5.07. The summed E-state index contributed by atoms with van der Waals surface area (Å²) in [7, 11) is 3.98. The molecule has 30 heavy (non-hydrogen) atoms. The Morgan fingerprint density at radius 3 is 1.20 bits per heavy atom. The molecule has 0 aliphatic rings. The maximum atomic E-state index is 5.73. The van der Waals surface area contributed by atoms with Crippen LogP contribution >= 0.6 is 0 Å². The Kier molecular flexibility index (Phi) is 5.22. The number of nitrogen functional groups attached to an aromatic ring is 2. The highest BCUT2D eigenvalue weighted by Crippen LogP contribution is 2.29. The Labute approximate surface area is 176 Å². The molecule has 0 saturated heterocycles.